The van der Waals surface area contributed by atoms with Crippen molar-refractivity contribution in [3.63, 3.8) is 0 Å². The van der Waals surface area contributed by atoms with Crippen molar-refractivity contribution < 1.29 is 18.7 Å². The highest BCUT2D eigenvalue weighted by molar-refractivity contribution is 5.88. The number of hydrogen-bond acceptors (Lipinski definition) is 5. The maximum Gasteiger partial charge on any atom is 0.246 e. The molecule has 3 saturated heterocycles. The Hall–Kier alpha value is -1.77. The van der Waals surface area contributed by atoms with E-state index in [1.807, 2.05) is 11.0 Å². The molecule has 0 aromatic carbocycles. The number of alkyl halides is 1. The molecular formula is C23H37FN4O3. The molecule has 3 fully saturated rings. The van der Waals surface area contributed by atoms with E-state index in [1.54, 1.807) is 11.0 Å². The molecule has 3 aliphatic heterocycles. The van der Waals surface area contributed by atoms with Gasteiger partial charge in [-0.05, 0) is 39.3 Å². The van der Waals surface area contributed by atoms with Gasteiger partial charge in [0.15, 0.2) is 0 Å². The largest absolute Gasteiger partial charge is 0.377 e. The SMILES string of the molecule is C=CC(=O)N1CCN(C(C)C/C=C\C(=O)N2CCN(C(C)C)C(CF)C2)C2(COC2)C1. The highest BCUT2D eigenvalue weighted by Gasteiger charge is 2.49. The lowest BCUT2D eigenvalue weighted by Crippen LogP contribution is -2.73. The summed E-state index contributed by atoms with van der Waals surface area (Å²) in [4.78, 5) is 32.8. The number of rotatable bonds is 7. The fraction of sp³-hybridized carbons (Fsp3) is 0.739. The smallest absolute Gasteiger partial charge is 0.246 e. The van der Waals surface area contributed by atoms with Gasteiger partial charge in [-0.25, -0.2) is 4.39 Å². The van der Waals surface area contributed by atoms with Crippen LogP contribution < -0.4 is 0 Å². The Morgan fingerprint density at radius 2 is 1.84 bits per heavy atom. The fourth-order valence-electron chi connectivity index (χ4n) is 5.08. The highest BCUT2D eigenvalue weighted by atomic mass is 19.1. The van der Waals surface area contributed by atoms with Crippen LogP contribution in [0.25, 0.3) is 0 Å². The van der Waals surface area contributed by atoms with Crippen LogP contribution in [-0.2, 0) is 14.3 Å². The first-order valence-corrected chi connectivity index (χ1v) is 11.3. The summed E-state index contributed by atoms with van der Waals surface area (Å²) >= 11 is 0. The molecule has 0 aliphatic carbocycles. The monoisotopic (exact) mass is 436 g/mol. The maximum absolute atomic E-state index is 13.5. The molecule has 8 heteroatoms. The van der Waals surface area contributed by atoms with Crippen molar-refractivity contribution in [2.75, 3.05) is 59.2 Å². The molecule has 1 spiro atoms. The lowest BCUT2D eigenvalue weighted by Gasteiger charge is -2.57. The Morgan fingerprint density at radius 1 is 1.13 bits per heavy atom. The zero-order chi connectivity index (χ0) is 22.6. The minimum atomic E-state index is -0.437. The first-order chi connectivity index (χ1) is 14.8. The van der Waals surface area contributed by atoms with Crippen molar-refractivity contribution in [2.24, 2.45) is 0 Å². The molecule has 3 aliphatic rings. The summed E-state index contributed by atoms with van der Waals surface area (Å²) in [5.74, 6) is -0.0784. The van der Waals surface area contributed by atoms with Gasteiger partial charge < -0.3 is 14.5 Å². The lowest BCUT2D eigenvalue weighted by molar-refractivity contribution is -0.183. The van der Waals surface area contributed by atoms with Crippen molar-refractivity contribution in [2.45, 2.75) is 50.9 Å². The van der Waals surface area contributed by atoms with Crippen LogP contribution in [0.1, 0.15) is 27.2 Å². The molecule has 2 amide bonds. The predicted molar refractivity (Wildman–Crippen MR) is 118 cm³/mol. The predicted octanol–water partition coefficient (Wildman–Crippen LogP) is 1.31. The first-order valence-electron chi connectivity index (χ1n) is 11.3. The minimum Gasteiger partial charge on any atom is -0.377 e. The van der Waals surface area contributed by atoms with Gasteiger partial charge in [0.1, 0.15) is 6.67 Å². The van der Waals surface area contributed by atoms with Crippen molar-refractivity contribution in [1.29, 1.82) is 0 Å². The third-order valence-electron chi connectivity index (χ3n) is 6.88. The van der Waals surface area contributed by atoms with E-state index in [9.17, 15) is 14.0 Å². The Labute approximate surface area is 185 Å². The van der Waals surface area contributed by atoms with Gasteiger partial charge in [-0.3, -0.25) is 19.4 Å². The fourth-order valence-corrected chi connectivity index (χ4v) is 5.08. The zero-order valence-electron chi connectivity index (χ0n) is 19.1. The van der Waals surface area contributed by atoms with Crippen LogP contribution in [0, 0.1) is 0 Å². The van der Waals surface area contributed by atoms with Gasteiger partial charge in [0, 0.05) is 51.4 Å². The summed E-state index contributed by atoms with van der Waals surface area (Å²) in [6.07, 6.45) is 5.68. The van der Waals surface area contributed by atoms with Crippen molar-refractivity contribution in [3.05, 3.63) is 24.8 Å². The van der Waals surface area contributed by atoms with E-state index in [0.717, 1.165) is 13.0 Å². The molecule has 0 radical (unpaired) electrons. The Bertz CT molecular complexity index is 694. The van der Waals surface area contributed by atoms with Gasteiger partial charge in [0.05, 0.1) is 24.8 Å². The molecule has 0 aromatic heterocycles. The summed E-state index contributed by atoms with van der Waals surface area (Å²) in [5.41, 5.74) is -0.143. The molecule has 0 saturated carbocycles. The summed E-state index contributed by atoms with van der Waals surface area (Å²) in [6, 6.07) is 0.280. The third-order valence-corrected chi connectivity index (χ3v) is 6.88. The number of piperazine rings is 2. The molecule has 174 valence electrons. The number of halogens is 1. The van der Waals surface area contributed by atoms with Crippen molar-refractivity contribution >= 4 is 11.8 Å². The van der Waals surface area contributed by atoms with Crippen LogP contribution >= 0.6 is 0 Å². The van der Waals surface area contributed by atoms with Crippen LogP contribution in [0.2, 0.25) is 0 Å². The second-order valence-electron chi connectivity index (χ2n) is 9.29. The van der Waals surface area contributed by atoms with E-state index in [2.05, 4.69) is 37.1 Å². The first kappa shape index (κ1) is 23.9. The standard InChI is InChI=1S/C23H37FN4O3/c1-5-21(29)26-10-12-28(23(15-26)16-31-17-23)19(4)7-6-8-22(30)25-9-11-27(18(2)3)20(13-24)14-25/h5-6,8,18-20H,1,7,9-17H2,2-4H3/b8-6-. The second kappa shape index (κ2) is 10.2. The van der Waals surface area contributed by atoms with E-state index in [4.69, 9.17) is 4.74 Å². The number of nitrogens with zero attached hydrogens (tertiary/aromatic N) is 4. The van der Waals surface area contributed by atoms with Gasteiger partial charge in [-0.2, -0.15) is 0 Å². The molecule has 0 aromatic rings. The molecule has 3 rings (SSSR count). The average molecular weight is 437 g/mol. The van der Waals surface area contributed by atoms with Gasteiger partial charge in [-0.1, -0.05) is 12.7 Å². The summed E-state index contributed by atoms with van der Waals surface area (Å²) < 4.78 is 19.0. The van der Waals surface area contributed by atoms with E-state index < -0.39 is 6.67 Å². The third kappa shape index (κ3) is 5.18. The molecule has 2 atom stereocenters. The normalized spacial score (nSPS) is 25.8. The summed E-state index contributed by atoms with van der Waals surface area (Å²) in [7, 11) is 0. The average Bonchev–Trinajstić information content (AvgIpc) is 2.76. The number of carbonyl (C=O) groups excluding carboxylic acids is 2. The Kier molecular flexibility index (Phi) is 7.88. The number of carbonyl (C=O) groups is 2. The Balaban J connectivity index is 1.53. The van der Waals surface area contributed by atoms with Crippen LogP contribution in [0.5, 0.6) is 0 Å². The summed E-state index contributed by atoms with van der Waals surface area (Å²) in [6.45, 7) is 14.5. The van der Waals surface area contributed by atoms with E-state index >= 15 is 0 Å². The number of ether oxygens (including phenoxy) is 1. The molecule has 3 heterocycles. The van der Waals surface area contributed by atoms with Gasteiger partial charge in [0.25, 0.3) is 0 Å². The Morgan fingerprint density at radius 3 is 2.42 bits per heavy atom. The van der Waals surface area contributed by atoms with Gasteiger partial charge in [0.2, 0.25) is 11.8 Å². The molecular weight excluding hydrogens is 399 g/mol. The maximum atomic E-state index is 13.5. The van der Waals surface area contributed by atoms with E-state index in [0.29, 0.717) is 45.9 Å². The van der Waals surface area contributed by atoms with Crippen LogP contribution in [0.3, 0.4) is 0 Å². The summed E-state index contributed by atoms with van der Waals surface area (Å²) in [5, 5.41) is 0. The molecule has 0 bridgehead atoms. The van der Waals surface area contributed by atoms with E-state index in [-0.39, 0.29) is 35.5 Å². The molecule has 0 N–H and O–H groups in total. The lowest BCUT2D eigenvalue weighted by atomic mass is 9.89. The number of hydrogen-bond donors (Lipinski definition) is 0. The second-order valence-corrected chi connectivity index (χ2v) is 9.29. The quantitative estimate of drug-likeness (QED) is 0.564. The zero-order valence-corrected chi connectivity index (χ0v) is 19.1. The van der Waals surface area contributed by atoms with Gasteiger partial charge in [-0.15, -0.1) is 0 Å². The molecule has 31 heavy (non-hydrogen) atoms. The van der Waals surface area contributed by atoms with Crippen molar-refractivity contribution in [1.82, 2.24) is 19.6 Å². The van der Waals surface area contributed by atoms with Crippen LogP contribution in [0.4, 0.5) is 4.39 Å². The van der Waals surface area contributed by atoms with Crippen LogP contribution in [-0.4, -0.2) is 114 Å². The van der Waals surface area contributed by atoms with E-state index in [1.165, 1.54) is 6.08 Å². The topological polar surface area (TPSA) is 56.3 Å². The van der Waals surface area contributed by atoms with Gasteiger partial charge >= 0.3 is 0 Å². The highest BCUT2D eigenvalue weighted by Crippen LogP contribution is 2.32. The van der Waals surface area contributed by atoms with Crippen molar-refractivity contribution in [3.8, 4) is 0 Å². The van der Waals surface area contributed by atoms with Crippen LogP contribution in [0.15, 0.2) is 24.8 Å². The molecule has 2 unspecified atom stereocenters. The molecule has 7 nitrogen and oxygen atoms in total. The number of amides is 2. The minimum absolute atomic E-state index is 0.0341.